The number of H-pyrrole nitrogens is 2. The summed E-state index contributed by atoms with van der Waals surface area (Å²) in [6, 6.07) is -1.68. The van der Waals surface area contributed by atoms with Gasteiger partial charge in [-0.25, -0.2) is 9.78 Å². The summed E-state index contributed by atoms with van der Waals surface area (Å²) in [7, 11) is 0. The molecule has 17 N–H and O–H groups in total. The molecule has 6 amide bonds. The topological polar surface area (TPSA) is 421 Å². The van der Waals surface area contributed by atoms with Gasteiger partial charge in [-0.1, -0.05) is 18.2 Å². The Balaban J connectivity index is 1.85. The number of nitrogens with zero attached hydrogens (tertiary/aromatic N) is 2. The highest BCUT2D eigenvalue weighted by Gasteiger charge is 2.33. The van der Waals surface area contributed by atoms with Crippen LogP contribution in [0, 0.1) is 0 Å². The molecule has 0 aliphatic heterocycles. The lowest BCUT2D eigenvalue weighted by Gasteiger charge is -2.26. The Bertz CT molecular complexity index is 2120. The van der Waals surface area contributed by atoms with Crippen molar-refractivity contribution < 1.29 is 58.5 Å². The summed E-state index contributed by atoms with van der Waals surface area (Å²) < 4.78 is 0. The minimum Gasteiger partial charge on any atom is -0.481 e. The maximum Gasteiger partial charge on any atom is 0.326 e. The summed E-state index contributed by atoms with van der Waals surface area (Å²) in [4.78, 5) is 129. The molecule has 3 rings (SSSR count). The molecule has 25 heteroatoms. The van der Waals surface area contributed by atoms with Gasteiger partial charge in [0, 0.05) is 61.2 Å². The third kappa shape index (κ3) is 16.8. The van der Waals surface area contributed by atoms with E-state index >= 15 is 0 Å². The zero-order valence-corrected chi connectivity index (χ0v) is 34.2. The van der Waals surface area contributed by atoms with Gasteiger partial charge in [-0.15, -0.1) is 0 Å². The minimum absolute atomic E-state index is 0.00953. The fourth-order valence-electron chi connectivity index (χ4n) is 6.14. The molecule has 63 heavy (non-hydrogen) atoms. The number of nitrogens with one attached hydrogen (secondary N) is 8. The number of carbonyl (C=O) groups excluding carboxylic acids is 6. The van der Waals surface area contributed by atoms with Crippen molar-refractivity contribution in [1.82, 2.24) is 46.9 Å². The van der Waals surface area contributed by atoms with Crippen LogP contribution in [0.3, 0.4) is 0 Å². The van der Waals surface area contributed by atoms with Gasteiger partial charge in [-0.05, 0) is 44.2 Å². The van der Waals surface area contributed by atoms with Gasteiger partial charge in [0.15, 0.2) is 5.96 Å². The highest BCUT2D eigenvalue weighted by Crippen LogP contribution is 2.20. The summed E-state index contributed by atoms with van der Waals surface area (Å²) in [6.45, 7) is 0.783. The number of hydrogen-bond acceptors (Lipinski definition) is 12. The molecule has 1 aromatic carbocycles. The summed E-state index contributed by atoms with van der Waals surface area (Å²) >= 11 is 0. The van der Waals surface area contributed by atoms with Crippen LogP contribution in [0.4, 0.5) is 0 Å². The van der Waals surface area contributed by atoms with Crippen LogP contribution >= 0.6 is 0 Å². The standard InChI is InChI=1S/C38H53N13O12/c1-19(32(57)48-24(7-4-12-43-38(40)41)34(59)50-26(37(62)63)9-11-31(55)56)46-33(58)25(8-10-30(53)54)49-35(60)27(13-20-16-44-23-6-3-2-5-22(20)23)51-36(61)28(47-29(52)15-39)14-21-17-42-18-45-21/h2-3,5-6,16-19,24-28,44H,4,7-15,39H2,1H3,(H,42,45)(H,46,58)(H,47,52)(H,48,57)(H,49,60)(H,50,59)(H,51,61)(H,53,54)(H,55,56)(H,62,63)(H4,40,41,43)/t19-,24-,25-,26-,27-,28-/m0/s1. The van der Waals surface area contributed by atoms with Crippen LogP contribution in [0.15, 0.2) is 48.0 Å². The predicted molar refractivity (Wildman–Crippen MR) is 222 cm³/mol. The lowest BCUT2D eigenvalue weighted by Crippen LogP contribution is -2.59. The normalized spacial score (nSPS) is 13.7. The Morgan fingerprint density at radius 2 is 1.25 bits per heavy atom. The molecule has 0 spiro atoms. The molecular formula is C38H53N13O12. The molecule has 0 saturated carbocycles. The number of hydrogen-bond donors (Lipinski definition) is 14. The first kappa shape index (κ1) is 49.8. The third-order valence-electron chi connectivity index (χ3n) is 9.42. The van der Waals surface area contributed by atoms with Gasteiger partial charge in [0.05, 0.1) is 12.9 Å². The van der Waals surface area contributed by atoms with Crippen LogP contribution in [0.2, 0.25) is 0 Å². The van der Waals surface area contributed by atoms with Crippen molar-refractivity contribution in [1.29, 1.82) is 0 Å². The van der Waals surface area contributed by atoms with E-state index in [1.54, 1.807) is 30.5 Å². The number of carboxylic acid groups (broad SMARTS) is 3. The van der Waals surface area contributed by atoms with E-state index < -0.39 is 122 Å². The third-order valence-corrected chi connectivity index (χ3v) is 9.42. The van der Waals surface area contributed by atoms with E-state index in [-0.39, 0.29) is 38.2 Å². The van der Waals surface area contributed by atoms with Crippen molar-refractivity contribution in [3.8, 4) is 0 Å². The van der Waals surface area contributed by atoms with E-state index in [4.69, 9.17) is 22.3 Å². The number of carboxylic acids is 3. The van der Waals surface area contributed by atoms with Crippen LogP contribution in [0.25, 0.3) is 10.9 Å². The molecule has 0 radical (unpaired) electrons. The minimum atomic E-state index is -1.63. The van der Waals surface area contributed by atoms with E-state index in [0.29, 0.717) is 22.2 Å². The Morgan fingerprint density at radius 3 is 1.86 bits per heavy atom. The quantitative estimate of drug-likeness (QED) is 0.0200. The molecule has 0 saturated heterocycles. The van der Waals surface area contributed by atoms with E-state index in [1.807, 2.05) is 0 Å². The molecule has 0 unspecified atom stereocenters. The van der Waals surface area contributed by atoms with Crippen molar-refractivity contribution in [3.63, 3.8) is 0 Å². The van der Waals surface area contributed by atoms with Gasteiger partial charge < -0.3 is 74.4 Å². The summed E-state index contributed by atoms with van der Waals surface area (Å²) in [6.07, 6.45) is 2.00. The zero-order valence-electron chi connectivity index (χ0n) is 34.2. The molecule has 0 aliphatic rings. The number of carbonyl (C=O) groups is 9. The van der Waals surface area contributed by atoms with Crippen LogP contribution in [-0.4, -0.2) is 139 Å². The smallest absolute Gasteiger partial charge is 0.326 e. The summed E-state index contributed by atoms with van der Waals surface area (Å²) in [5, 5.41) is 43.4. The van der Waals surface area contributed by atoms with Gasteiger partial charge in [0.2, 0.25) is 35.4 Å². The SMILES string of the molecule is C[C@H](NC(=O)[C@H](CCC(=O)O)NC(=O)[C@H](Cc1c[nH]c2ccccc12)NC(=O)[C@H](Cc1cnc[nH]1)NC(=O)CN)C(=O)N[C@@H](CCCN=C(N)N)C(=O)N[C@@H](CCC(=O)O)C(=O)O. The summed E-state index contributed by atoms with van der Waals surface area (Å²) in [5.74, 6) is -9.81. The average molecular weight is 884 g/mol. The van der Waals surface area contributed by atoms with Crippen molar-refractivity contribution in [2.24, 2.45) is 22.2 Å². The number of para-hydroxylation sites is 1. The zero-order chi connectivity index (χ0) is 46.6. The fraction of sp³-hybridized carbons (Fsp3) is 0.447. The second-order valence-electron chi connectivity index (χ2n) is 14.3. The summed E-state index contributed by atoms with van der Waals surface area (Å²) in [5.41, 5.74) is 17.9. The Morgan fingerprint density at radius 1 is 0.698 bits per heavy atom. The first-order valence-corrected chi connectivity index (χ1v) is 19.6. The number of nitrogens with two attached hydrogens (primary N) is 3. The number of fused-ring (bicyclic) bond motifs is 1. The first-order valence-electron chi connectivity index (χ1n) is 19.6. The first-order chi connectivity index (χ1) is 29.9. The number of aliphatic carboxylic acids is 3. The van der Waals surface area contributed by atoms with Crippen LogP contribution in [-0.2, 0) is 56.0 Å². The molecule has 2 aromatic heterocycles. The highest BCUT2D eigenvalue weighted by atomic mass is 16.4. The van der Waals surface area contributed by atoms with Crippen molar-refractivity contribution in [2.45, 2.75) is 94.5 Å². The number of aromatic nitrogens is 3. The molecule has 6 atom stereocenters. The van der Waals surface area contributed by atoms with Gasteiger partial charge >= 0.3 is 17.9 Å². The number of amides is 6. The fourth-order valence-corrected chi connectivity index (χ4v) is 6.14. The maximum atomic E-state index is 14.1. The Kier molecular flexibility index (Phi) is 19.5. The highest BCUT2D eigenvalue weighted by molar-refractivity contribution is 5.97. The largest absolute Gasteiger partial charge is 0.481 e. The molecule has 25 nitrogen and oxygen atoms in total. The number of benzene rings is 1. The predicted octanol–water partition coefficient (Wildman–Crippen LogP) is -3.57. The number of aliphatic imine (C=N–C) groups is 1. The second-order valence-corrected chi connectivity index (χ2v) is 14.3. The van der Waals surface area contributed by atoms with Crippen molar-refractivity contribution in [2.75, 3.05) is 13.1 Å². The van der Waals surface area contributed by atoms with E-state index in [0.717, 1.165) is 0 Å². The van der Waals surface area contributed by atoms with Gasteiger partial charge in [-0.2, -0.15) is 0 Å². The monoisotopic (exact) mass is 883 g/mol. The molecule has 0 aliphatic carbocycles. The molecule has 2 heterocycles. The number of guanidine groups is 1. The number of aromatic amines is 2. The second kappa shape index (κ2) is 24.6. The molecule has 0 bridgehead atoms. The number of imidazole rings is 1. The number of rotatable bonds is 27. The van der Waals surface area contributed by atoms with Crippen molar-refractivity contribution >= 4 is 70.2 Å². The van der Waals surface area contributed by atoms with E-state index in [2.05, 4.69) is 51.8 Å². The molecule has 3 aromatic rings. The molecule has 0 fully saturated rings. The van der Waals surface area contributed by atoms with E-state index in [1.165, 1.54) is 19.4 Å². The maximum absolute atomic E-state index is 14.1. The average Bonchev–Trinajstić information content (AvgIpc) is 3.90. The van der Waals surface area contributed by atoms with Crippen molar-refractivity contribution in [3.05, 3.63) is 54.2 Å². The van der Waals surface area contributed by atoms with Crippen LogP contribution in [0.5, 0.6) is 0 Å². The van der Waals surface area contributed by atoms with Gasteiger partial charge in [-0.3, -0.25) is 43.3 Å². The van der Waals surface area contributed by atoms with Crippen LogP contribution in [0.1, 0.15) is 56.7 Å². The molecular weight excluding hydrogens is 830 g/mol. The van der Waals surface area contributed by atoms with Gasteiger partial charge in [0.25, 0.3) is 0 Å². The molecule has 342 valence electrons. The Labute approximate surface area is 359 Å². The van der Waals surface area contributed by atoms with Crippen LogP contribution < -0.4 is 49.1 Å². The lowest BCUT2D eigenvalue weighted by molar-refractivity contribution is -0.143. The Hall–Kier alpha value is -7.57. The lowest BCUT2D eigenvalue weighted by atomic mass is 10.0. The van der Waals surface area contributed by atoms with E-state index in [9.17, 15) is 53.4 Å². The van der Waals surface area contributed by atoms with Gasteiger partial charge in [0.1, 0.15) is 36.3 Å².